The average Bonchev–Trinajstić information content (AvgIpc) is 2.38. The minimum atomic E-state index is -4.95. The molecule has 0 radical (unpaired) electrons. The normalized spacial score (nSPS) is 18.9. The van der Waals surface area contributed by atoms with Crippen LogP contribution in [-0.2, 0) is 16.2 Å². The molecule has 0 unspecified atom stereocenters. The molecule has 0 aromatic heterocycles. The summed E-state index contributed by atoms with van der Waals surface area (Å²) < 4.78 is 76.8. The second kappa shape index (κ2) is 5.73. The summed E-state index contributed by atoms with van der Waals surface area (Å²) in [6, 6.07) is 1.69. The zero-order valence-corrected chi connectivity index (χ0v) is 12.3. The first-order valence-corrected chi connectivity index (χ1v) is 8.01. The van der Waals surface area contributed by atoms with Crippen LogP contribution < -0.4 is 0 Å². The molecule has 21 heavy (non-hydrogen) atoms. The highest BCUT2D eigenvalue weighted by molar-refractivity contribution is 7.89. The smallest absolute Gasteiger partial charge is 0.207 e. The van der Waals surface area contributed by atoms with E-state index in [-0.39, 0.29) is 18.5 Å². The van der Waals surface area contributed by atoms with Crippen molar-refractivity contribution in [2.45, 2.75) is 29.3 Å². The molecule has 0 saturated carbocycles. The van der Waals surface area contributed by atoms with E-state index in [1.54, 1.807) is 0 Å². The summed E-state index contributed by atoms with van der Waals surface area (Å²) in [6.07, 6.45) is -4.10. The molecule has 0 N–H and O–H groups in total. The van der Waals surface area contributed by atoms with Gasteiger partial charge in [-0.25, -0.2) is 12.8 Å². The Labute approximate surface area is 124 Å². The molecule has 0 aliphatic carbocycles. The number of hydrogen-bond acceptors (Lipinski definition) is 2. The predicted molar refractivity (Wildman–Crippen MR) is 69.0 cm³/mol. The first-order chi connectivity index (χ1) is 9.62. The molecule has 9 heteroatoms. The Balaban J connectivity index is 2.37. The fourth-order valence-electron chi connectivity index (χ4n) is 2.10. The van der Waals surface area contributed by atoms with Crippen LogP contribution in [-0.4, -0.2) is 31.2 Å². The highest BCUT2D eigenvalue weighted by Gasteiger charge is 2.36. The van der Waals surface area contributed by atoms with E-state index in [0.717, 1.165) is 10.4 Å². The lowest BCUT2D eigenvalue weighted by atomic mass is 10.2. The maximum Gasteiger partial charge on any atom is 0.419 e. The van der Waals surface area contributed by atoms with Crippen molar-refractivity contribution in [2.24, 2.45) is 0 Å². The molecule has 1 heterocycles. The van der Waals surface area contributed by atoms with Gasteiger partial charge in [-0.1, -0.05) is 0 Å². The Morgan fingerprint density at radius 3 is 2.29 bits per heavy atom. The summed E-state index contributed by atoms with van der Waals surface area (Å²) in [5.74, 6) is -1.50. The second-order valence-electron chi connectivity index (χ2n) is 4.72. The van der Waals surface area contributed by atoms with Crippen LogP contribution in [0.25, 0.3) is 0 Å². The lowest BCUT2D eigenvalue weighted by Crippen LogP contribution is -2.38. The highest BCUT2D eigenvalue weighted by Crippen LogP contribution is 2.33. The zero-order valence-electron chi connectivity index (χ0n) is 10.7. The summed E-state index contributed by atoms with van der Waals surface area (Å²) >= 11 is 5.86. The van der Waals surface area contributed by atoms with Crippen LogP contribution in [0.3, 0.4) is 0 Å². The van der Waals surface area contributed by atoms with Crippen molar-refractivity contribution in [3.8, 4) is 0 Å². The fraction of sp³-hybridized carbons (Fsp3) is 0.500. The lowest BCUT2D eigenvalue weighted by Gasteiger charge is -2.28. The number of nitrogens with zero attached hydrogens (tertiary/aromatic N) is 1. The van der Waals surface area contributed by atoms with Gasteiger partial charge in [-0.05, 0) is 31.0 Å². The van der Waals surface area contributed by atoms with Crippen LogP contribution in [0.1, 0.15) is 18.4 Å². The van der Waals surface area contributed by atoms with Crippen molar-refractivity contribution in [1.82, 2.24) is 4.31 Å². The summed E-state index contributed by atoms with van der Waals surface area (Å²) in [7, 11) is -4.08. The van der Waals surface area contributed by atoms with Gasteiger partial charge in [0.05, 0.1) is 10.5 Å². The van der Waals surface area contributed by atoms with E-state index < -0.39 is 32.5 Å². The zero-order chi connectivity index (χ0) is 15.8. The lowest BCUT2D eigenvalue weighted by molar-refractivity contribution is -0.140. The Kier molecular flexibility index (Phi) is 4.51. The monoisotopic (exact) mass is 345 g/mol. The first-order valence-electron chi connectivity index (χ1n) is 6.13. The Bertz CT molecular complexity index is 625. The maximum atomic E-state index is 13.2. The molecule has 118 valence electrons. The van der Waals surface area contributed by atoms with E-state index >= 15 is 0 Å². The molecule has 0 amide bonds. The summed E-state index contributed by atoms with van der Waals surface area (Å²) in [5, 5.41) is -0.143. The molecule has 0 spiro atoms. The molecule has 1 fully saturated rings. The third-order valence-corrected chi connectivity index (χ3v) is 5.60. The molecule has 0 bridgehead atoms. The molecule has 1 saturated heterocycles. The van der Waals surface area contributed by atoms with Gasteiger partial charge in [-0.15, -0.1) is 11.6 Å². The van der Waals surface area contributed by atoms with Gasteiger partial charge >= 0.3 is 6.18 Å². The van der Waals surface area contributed by atoms with Gasteiger partial charge in [0.1, 0.15) is 5.82 Å². The number of piperidine rings is 1. The van der Waals surface area contributed by atoms with Gasteiger partial charge in [-0.3, -0.25) is 0 Å². The first kappa shape index (κ1) is 16.5. The van der Waals surface area contributed by atoms with E-state index in [0.29, 0.717) is 25.0 Å². The van der Waals surface area contributed by atoms with Gasteiger partial charge in [0.2, 0.25) is 10.0 Å². The predicted octanol–water partition coefficient (Wildman–Crippen LogP) is 3.24. The van der Waals surface area contributed by atoms with Crippen LogP contribution in [0.2, 0.25) is 0 Å². The summed E-state index contributed by atoms with van der Waals surface area (Å²) in [6.45, 7) is 0.268. The highest BCUT2D eigenvalue weighted by atomic mass is 35.5. The van der Waals surface area contributed by atoms with E-state index in [1.807, 2.05) is 0 Å². The Morgan fingerprint density at radius 2 is 1.76 bits per heavy atom. The third-order valence-electron chi connectivity index (χ3n) is 3.26. The number of halogens is 5. The molecule has 3 nitrogen and oxygen atoms in total. The van der Waals surface area contributed by atoms with Crippen molar-refractivity contribution in [2.75, 3.05) is 13.1 Å². The van der Waals surface area contributed by atoms with Crippen LogP contribution in [0.15, 0.2) is 23.1 Å². The van der Waals surface area contributed by atoms with E-state index in [9.17, 15) is 26.0 Å². The largest absolute Gasteiger partial charge is 0.419 e. The van der Waals surface area contributed by atoms with Crippen molar-refractivity contribution in [1.29, 1.82) is 0 Å². The number of hydrogen-bond donors (Lipinski definition) is 0. The van der Waals surface area contributed by atoms with Crippen molar-refractivity contribution < 1.29 is 26.0 Å². The maximum absolute atomic E-state index is 13.2. The minimum absolute atomic E-state index is 0.134. The molecule has 1 aromatic rings. The van der Waals surface area contributed by atoms with Gasteiger partial charge in [0.25, 0.3) is 0 Å². The molecule has 2 rings (SSSR count). The quantitative estimate of drug-likeness (QED) is 0.609. The van der Waals surface area contributed by atoms with Crippen LogP contribution in [0, 0.1) is 5.82 Å². The van der Waals surface area contributed by atoms with E-state index in [4.69, 9.17) is 11.6 Å². The van der Waals surface area contributed by atoms with Crippen molar-refractivity contribution >= 4 is 21.6 Å². The van der Waals surface area contributed by atoms with Crippen LogP contribution >= 0.6 is 11.6 Å². The number of benzene rings is 1. The molecule has 0 atom stereocenters. The number of alkyl halides is 4. The number of rotatable bonds is 2. The molecule has 1 aliphatic rings. The summed E-state index contributed by atoms with van der Waals surface area (Å²) in [5.41, 5.74) is -1.59. The fourth-order valence-corrected chi connectivity index (χ4v) is 3.79. The second-order valence-corrected chi connectivity index (χ2v) is 7.27. The SMILES string of the molecule is O=S(=O)(c1ccc(F)c(C(F)(F)F)c1)N1CCC(Cl)CC1. The number of sulfonamides is 1. The molecular formula is C12H12ClF4NO2S. The summed E-state index contributed by atoms with van der Waals surface area (Å²) in [4.78, 5) is -0.566. The van der Waals surface area contributed by atoms with E-state index in [2.05, 4.69) is 0 Å². The average molecular weight is 346 g/mol. The third kappa shape index (κ3) is 3.49. The molecular weight excluding hydrogens is 334 g/mol. The van der Waals surface area contributed by atoms with Gasteiger partial charge in [0, 0.05) is 18.5 Å². The van der Waals surface area contributed by atoms with Gasteiger partial charge in [0.15, 0.2) is 0 Å². The van der Waals surface area contributed by atoms with Crippen LogP contribution in [0.5, 0.6) is 0 Å². The van der Waals surface area contributed by atoms with Crippen molar-refractivity contribution in [3.63, 3.8) is 0 Å². The Hall–Kier alpha value is -0.860. The standard InChI is InChI=1S/C12H12ClF4NO2S/c13-8-3-5-18(6-4-8)21(19,20)9-1-2-11(14)10(7-9)12(15,16)17/h1-2,7-8H,3-6H2. The van der Waals surface area contributed by atoms with Crippen molar-refractivity contribution in [3.05, 3.63) is 29.6 Å². The van der Waals surface area contributed by atoms with E-state index in [1.165, 1.54) is 0 Å². The molecule has 1 aliphatic heterocycles. The molecule has 1 aromatic carbocycles. The van der Waals surface area contributed by atoms with Gasteiger partial charge in [-0.2, -0.15) is 17.5 Å². The van der Waals surface area contributed by atoms with Gasteiger partial charge < -0.3 is 0 Å². The minimum Gasteiger partial charge on any atom is -0.207 e. The topological polar surface area (TPSA) is 37.4 Å². The Morgan fingerprint density at radius 1 is 1.19 bits per heavy atom. The van der Waals surface area contributed by atoms with Crippen LogP contribution in [0.4, 0.5) is 17.6 Å².